The molecule has 0 radical (unpaired) electrons. The van der Waals surface area contributed by atoms with Crippen LogP contribution in [0.3, 0.4) is 0 Å². The van der Waals surface area contributed by atoms with Gasteiger partial charge in [0.2, 0.25) is 0 Å². The van der Waals surface area contributed by atoms with Crippen molar-refractivity contribution in [3.8, 4) is 0 Å². The van der Waals surface area contributed by atoms with Crippen molar-refractivity contribution in [3.63, 3.8) is 0 Å². The second-order valence-electron chi connectivity index (χ2n) is 1.68. The van der Waals surface area contributed by atoms with E-state index in [1.165, 1.54) is 0 Å². The topological polar surface area (TPSA) is 0 Å². The van der Waals surface area contributed by atoms with Gasteiger partial charge >= 0.3 is 21.1 Å². The summed E-state index contributed by atoms with van der Waals surface area (Å²) in [6, 6.07) is 0. The Balaban J connectivity index is 0. The zero-order valence-electron chi connectivity index (χ0n) is 4.81. The molecule has 0 unspecified atom stereocenters. The Labute approximate surface area is 61.0 Å². The first-order valence-electron chi connectivity index (χ1n) is 2.39. The molecule has 1 heteroatoms. The van der Waals surface area contributed by atoms with Crippen molar-refractivity contribution < 1.29 is 21.1 Å². The summed E-state index contributed by atoms with van der Waals surface area (Å²) in [5.74, 6) is 0.713. The van der Waals surface area contributed by atoms with Crippen LogP contribution < -0.4 is 0 Å². The van der Waals surface area contributed by atoms with Crippen LogP contribution in [0.2, 0.25) is 0 Å². The fourth-order valence-electron chi connectivity index (χ4n) is 0.144. The third-order valence-electron chi connectivity index (χ3n) is 0.986. The van der Waals surface area contributed by atoms with Gasteiger partial charge in [-0.1, -0.05) is 12.8 Å². The molecule has 0 aromatic heterocycles. The Hall–Kier alpha value is 0.688. The van der Waals surface area contributed by atoms with Crippen LogP contribution in [-0.4, -0.2) is 0 Å². The van der Waals surface area contributed by atoms with Crippen molar-refractivity contribution >= 4 is 0 Å². The molecule has 0 aromatic carbocycles. The van der Waals surface area contributed by atoms with E-state index in [1.807, 2.05) is 0 Å². The molecular weight excluding hydrogens is 256 g/mol. The van der Waals surface area contributed by atoms with E-state index in [0.717, 1.165) is 12.8 Å². The summed E-state index contributed by atoms with van der Waals surface area (Å²) in [6.45, 7) is 9.59. The normalized spacial score (nSPS) is 8.57. The van der Waals surface area contributed by atoms with E-state index >= 15 is 0 Å². The molecule has 0 nitrogen and oxygen atoms in total. The molecule has 0 spiro atoms. The molecule has 7 heavy (non-hydrogen) atoms. The first kappa shape index (κ1) is 10.6. The monoisotopic (exact) mass is 268 g/mol. The summed E-state index contributed by atoms with van der Waals surface area (Å²) in [5.41, 5.74) is 0. The minimum atomic E-state index is 0. The zero-order valence-corrected chi connectivity index (χ0v) is 7.75. The second-order valence-corrected chi connectivity index (χ2v) is 1.68. The van der Waals surface area contributed by atoms with Crippen molar-refractivity contribution in [2.24, 2.45) is 5.92 Å². The van der Waals surface area contributed by atoms with Gasteiger partial charge in [-0.15, -0.1) is 0 Å². The molecule has 0 fully saturated rings. The summed E-state index contributed by atoms with van der Waals surface area (Å²) in [7, 11) is 0. The largest absolute Gasteiger partial charge is 2.00 e. The minimum absolute atomic E-state index is 0. The Morgan fingerprint density at radius 2 is 1.57 bits per heavy atom. The van der Waals surface area contributed by atoms with E-state index in [0.29, 0.717) is 5.92 Å². The average molecular weight is 268 g/mol. The summed E-state index contributed by atoms with van der Waals surface area (Å²) < 4.78 is 0. The molecule has 0 rings (SSSR count). The van der Waals surface area contributed by atoms with E-state index in [9.17, 15) is 0 Å². The molecule has 0 saturated carbocycles. The molecule has 0 aliphatic heterocycles. The van der Waals surface area contributed by atoms with E-state index in [1.54, 1.807) is 0 Å². The number of hydrogen-bond acceptors (Lipinski definition) is 0. The van der Waals surface area contributed by atoms with E-state index < -0.39 is 0 Å². The predicted octanol–water partition coefficient (Wildman–Crippen LogP) is 2.07. The van der Waals surface area contributed by atoms with Crippen molar-refractivity contribution in [2.75, 3.05) is 0 Å². The molecule has 0 atom stereocenters. The van der Waals surface area contributed by atoms with Gasteiger partial charge in [0.25, 0.3) is 0 Å². The van der Waals surface area contributed by atoms with Crippen molar-refractivity contribution in [3.05, 3.63) is 13.8 Å². The maximum absolute atomic E-state index is 3.72. The fourth-order valence-corrected chi connectivity index (χ4v) is 0.144. The second kappa shape index (κ2) is 6.69. The van der Waals surface area contributed by atoms with Crippen LogP contribution in [-0.2, 0) is 21.1 Å². The van der Waals surface area contributed by atoms with Gasteiger partial charge in [0, 0.05) is 0 Å². The van der Waals surface area contributed by atoms with Gasteiger partial charge in [-0.05, 0) is 0 Å². The number of rotatable bonds is 2. The zero-order chi connectivity index (χ0) is 4.99. The van der Waals surface area contributed by atoms with Crippen LogP contribution in [0.4, 0.5) is 0 Å². The summed E-state index contributed by atoms with van der Waals surface area (Å²) in [4.78, 5) is 0. The van der Waals surface area contributed by atoms with Crippen molar-refractivity contribution in [2.45, 2.75) is 19.8 Å². The molecule has 0 amide bonds. The standard InChI is InChI=1S/C6H12.W/c1-4-6(3)5-2;/h6H,1-2,4-5H2,3H3;/q-2;+2. The minimum Gasteiger partial charge on any atom is -0.343 e. The molecule has 0 heterocycles. The molecule has 0 aliphatic carbocycles. The van der Waals surface area contributed by atoms with Crippen LogP contribution in [0.25, 0.3) is 0 Å². The van der Waals surface area contributed by atoms with Gasteiger partial charge in [0.1, 0.15) is 0 Å². The quantitative estimate of drug-likeness (QED) is 0.672. The SMILES string of the molecule is [CH2-]CC(C)C[CH2-].[W+2]. The Morgan fingerprint density at radius 1 is 1.29 bits per heavy atom. The van der Waals surface area contributed by atoms with Gasteiger partial charge in [-0.2, -0.15) is 12.8 Å². The summed E-state index contributed by atoms with van der Waals surface area (Å²) in [6.07, 6.45) is 2.03. The van der Waals surface area contributed by atoms with Crippen LogP contribution in [0.5, 0.6) is 0 Å². The molecule has 0 aliphatic rings. The van der Waals surface area contributed by atoms with Crippen LogP contribution in [0, 0.1) is 19.8 Å². The molecule has 0 bridgehead atoms. The van der Waals surface area contributed by atoms with Gasteiger partial charge in [-0.25, -0.2) is 0 Å². The molecule has 0 N–H and O–H groups in total. The Bertz CT molecular complexity index is 23.4. The van der Waals surface area contributed by atoms with Crippen LogP contribution in [0.15, 0.2) is 0 Å². The third kappa shape index (κ3) is 6.69. The molecule has 42 valence electrons. The van der Waals surface area contributed by atoms with E-state index in [4.69, 9.17) is 0 Å². The van der Waals surface area contributed by atoms with Crippen LogP contribution in [0.1, 0.15) is 19.8 Å². The number of hydrogen-bond donors (Lipinski definition) is 0. The molecule has 0 aromatic rings. The average Bonchev–Trinajstić information content (AvgIpc) is 1.65. The van der Waals surface area contributed by atoms with E-state index in [2.05, 4.69) is 20.8 Å². The van der Waals surface area contributed by atoms with Crippen molar-refractivity contribution in [1.82, 2.24) is 0 Å². The van der Waals surface area contributed by atoms with Gasteiger partial charge in [0.05, 0.1) is 0 Å². The Kier molecular flexibility index (Phi) is 10.2. The smallest absolute Gasteiger partial charge is 0.343 e. The third-order valence-corrected chi connectivity index (χ3v) is 0.986. The summed E-state index contributed by atoms with van der Waals surface area (Å²) >= 11 is 0. The summed E-state index contributed by atoms with van der Waals surface area (Å²) in [5, 5.41) is 0. The first-order valence-corrected chi connectivity index (χ1v) is 2.39. The van der Waals surface area contributed by atoms with E-state index in [-0.39, 0.29) is 21.1 Å². The first-order chi connectivity index (χ1) is 2.81. The maximum atomic E-state index is 3.72. The Morgan fingerprint density at radius 3 is 1.57 bits per heavy atom. The molecule has 0 saturated heterocycles. The van der Waals surface area contributed by atoms with Gasteiger partial charge in [0.15, 0.2) is 0 Å². The predicted molar refractivity (Wildman–Crippen MR) is 29.1 cm³/mol. The van der Waals surface area contributed by atoms with Crippen LogP contribution >= 0.6 is 0 Å². The fraction of sp³-hybridized carbons (Fsp3) is 0.667. The van der Waals surface area contributed by atoms with Crippen molar-refractivity contribution in [1.29, 1.82) is 0 Å². The van der Waals surface area contributed by atoms with Gasteiger partial charge in [-0.3, -0.25) is 0 Å². The maximum Gasteiger partial charge on any atom is 2.00 e. The van der Waals surface area contributed by atoms with Gasteiger partial charge < -0.3 is 13.8 Å². The molecular formula is C6H12W.